The summed E-state index contributed by atoms with van der Waals surface area (Å²) in [6, 6.07) is 1.22. The van der Waals surface area contributed by atoms with Crippen molar-refractivity contribution >= 4 is 17.7 Å². The van der Waals surface area contributed by atoms with Gasteiger partial charge in [-0.2, -0.15) is 0 Å². The minimum absolute atomic E-state index is 0.0622. The average molecular weight is 223 g/mol. The average Bonchev–Trinajstić information content (AvgIpc) is 2.20. The van der Waals surface area contributed by atoms with E-state index in [9.17, 15) is 9.18 Å². The van der Waals surface area contributed by atoms with Crippen molar-refractivity contribution in [2.24, 2.45) is 0 Å². The maximum Gasteiger partial charge on any atom is 0.216 e. The molecule has 3 N–H and O–H groups in total. The van der Waals surface area contributed by atoms with Gasteiger partial charge >= 0.3 is 0 Å². The predicted molar refractivity (Wildman–Crippen MR) is 60.9 cm³/mol. The van der Waals surface area contributed by atoms with Crippen LogP contribution in [0.25, 0.3) is 6.08 Å². The number of carbonyl (C=O) groups excluding carboxylic acids is 1. The van der Waals surface area contributed by atoms with Crippen LogP contribution in [-0.4, -0.2) is 17.4 Å². The summed E-state index contributed by atoms with van der Waals surface area (Å²) in [5.41, 5.74) is 6.39. The number of rotatable bonds is 4. The van der Waals surface area contributed by atoms with Gasteiger partial charge in [0, 0.05) is 19.5 Å². The number of aromatic nitrogens is 1. The van der Waals surface area contributed by atoms with Crippen molar-refractivity contribution < 1.29 is 9.18 Å². The Hall–Kier alpha value is -1.91. The molecule has 16 heavy (non-hydrogen) atoms. The SMILES string of the molecule is CC(=O)NCCC=Cc1ncc(F)cc1N. The summed E-state index contributed by atoms with van der Waals surface area (Å²) >= 11 is 0. The van der Waals surface area contributed by atoms with Crippen LogP contribution in [0, 0.1) is 5.82 Å². The van der Waals surface area contributed by atoms with Crippen molar-refractivity contribution in [2.45, 2.75) is 13.3 Å². The van der Waals surface area contributed by atoms with E-state index >= 15 is 0 Å². The second-order valence-electron chi connectivity index (χ2n) is 3.30. The molecule has 1 amide bonds. The summed E-state index contributed by atoms with van der Waals surface area (Å²) in [6.45, 7) is 2.02. The van der Waals surface area contributed by atoms with Gasteiger partial charge in [0.05, 0.1) is 17.6 Å². The van der Waals surface area contributed by atoms with Gasteiger partial charge in [0.15, 0.2) is 0 Å². The number of nitrogens with two attached hydrogens (primary N) is 1. The van der Waals surface area contributed by atoms with Gasteiger partial charge in [0.25, 0.3) is 0 Å². The van der Waals surface area contributed by atoms with Crippen molar-refractivity contribution in [1.29, 1.82) is 0 Å². The number of hydrogen-bond acceptors (Lipinski definition) is 3. The number of nitrogens with zero attached hydrogens (tertiary/aromatic N) is 1. The van der Waals surface area contributed by atoms with Crippen LogP contribution >= 0.6 is 0 Å². The Balaban J connectivity index is 2.47. The first-order valence-corrected chi connectivity index (χ1v) is 4.91. The third kappa shape index (κ3) is 4.08. The van der Waals surface area contributed by atoms with Gasteiger partial charge in [-0.3, -0.25) is 9.78 Å². The summed E-state index contributed by atoms with van der Waals surface area (Å²) in [4.78, 5) is 14.4. The van der Waals surface area contributed by atoms with Crippen molar-refractivity contribution in [2.75, 3.05) is 12.3 Å². The zero-order chi connectivity index (χ0) is 12.0. The Bertz CT molecular complexity index is 404. The fourth-order valence-corrected chi connectivity index (χ4v) is 1.13. The Morgan fingerprint density at radius 2 is 2.44 bits per heavy atom. The molecule has 86 valence electrons. The van der Waals surface area contributed by atoms with Crippen molar-refractivity contribution in [1.82, 2.24) is 10.3 Å². The molecule has 0 aliphatic carbocycles. The second kappa shape index (κ2) is 5.85. The lowest BCUT2D eigenvalue weighted by Gasteiger charge is -1.99. The Labute approximate surface area is 93.4 Å². The first kappa shape index (κ1) is 12.2. The van der Waals surface area contributed by atoms with Crippen LogP contribution in [0.15, 0.2) is 18.3 Å². The summed E-state index contributed by atoms with van der Waals surface area (Å²) < 4.78 is 12.7. The highest BCUT2D eigenvalue weighted by Gasteiger charge is 1.98. The minimum atomic E-state index is -0.451. The van der Waals surface area contributed by atoms with Gasteiger partial charge in [-0.15, -0.1) is 0 Å². The number of pyridine rings is 1. The smallest absolute Gasteiger partial charge is 0.216 e. The fourth-order valence-electron chi connectivity index (χ4n) is 1.13. The highest BCUT2D eigenvalue weighted by atomic mass is 19.1. The highest BCUT2D eigenvalue weighted by Crippen LogP contribution is 2.11. The Morgan fingerprint density at radius 3 is 3.06 bits per heavy atom. The lowest BCUT2D eigenvalue weighted by Crippen LogP contribution is -2.20. The molecule has 0 bridgehead atoms. The molecule has 0 saturated carbocycles. The molecule has 0 aliphatic rings. The normalized spacial score (nSPS) is 10.6. The van der Waals surface area contributed by atoms with Crippen LogP contribution in [0.1, 0.15) is 19.0 Å². The van der Waals surface area contributed by atoms with Gasteiger partial charge in [-0.25, -0.2) is 4.39 Å². The number of nitrogen functional groups attached to an aromatic ring is 1. The molecular formula is C11H14FN3O. The third-order valence-corrected chi connectivity index (χ3v) is 1.88. The standard InChI is InChI=1S/C11H14FN3O/c1-8(16)14-5-3-2-4-11-10(13)6-9(12)7-15-11/h2,4,6-7H,3,5,13H2,1H3,(H,14,16). The van der Waals surface area contributed by atoms with E-state index < -0.39 is 5.82 Å². The van der Waals surface area contributed by atoms with Crippen LogP contribution in [0.3, 0.4) is 0 Å². The summed E-state index contributed by atoms with van der Waals surface area (Å²) in [5.74, 6) is -0.513. The molecule has 1 heterocycles. The van der Waals surface area contributed by atoms with E-state index in [-0.39, 0.29) is 5.91 Å². The first-order chi connectivity index (χ1) is 7.59. The monoisotopic (exact) mass is 223 g/mol. The lowest BCUT2D eigenvalue weighted by molar-refractivity contribution is -0.118. The number of halogens is 1. The molecular weight excluding hydrogens is 209 g/mol. The molecule has 1 aromatic rings. The first-order valence-electron chi connectivity index (χ1n) is 4.91. The van der Waals surface area contributed by atoms with E-state index in [1.165, 1.54) is 13.0 Å². The van der Waals surface area contributed by atoms with Crippen LogP contribution < -0.4 is 11.1 Å². The third-order valence-electron chi connectivity index (χ3n) is 1.88. The van der Waals surface area contributed by atoms with Gasteiger partial charge < -0.3 is 11.1 Å². The summed E-state index contributed by atoms with van der Waals surface area (Å²) in [7, 11) is 0. The zero-order valence-corrected chi connectivity index (χ0v) is 9.03. The number of nitrogens with one attached hydrogen (secondary N) is 1. The molecule has 0 saturated heterocycles. The lowest BCUT2D eigenvalue weighted by atomic mass is 10.2. The van der Waals surface area contributed by atoms with Crippen LogP contribution in [0.2, 0.25) is 0 Å². The van der Waals surface area contributed by atoms with Crippen molar-refractivity contribution in [3.05, 3.63) is 29.9 Å². The van der Waals surface area contributed by atoms with Gasteiger partial charge in [0.1, 0.15) is 5.82 Å². The zero-order valence-electron chi connectivity index (χ0n) is 9.03. The van der Waals surface area contributed by atoms with E-state index in [1.807, 2.05) is 6.08 Å². The molecule has 1 rings (SSSR count). The summed E-state index contributed by atoms with van der Waals surface area (Å²) in [5, 5.41) is 2.65. The number of carbonyl (C=O) groups is 1. The van der Waals surface area contributed by atoms with Crippen LogP contribution in [0.5, 0.6) is 0 Å². The largest absolute Gasteiger partial charge is 0.397 e. The number of anilines is 1. The minimum Gasteiger partial charge on any atom is -0.397 e. The molecule has 0 radical (unpaired) electrons. The highest BCUT2D eigenvalue weighted by molar-refractivity contribution is 5.72. The predicted octanol–water partition coefficient (Wildman–Crippen LogP) is 1.34. The Kier molecular flexibility index (Phi) is 4.44. The fraction of sp³-hybridized carbons (Fsp3) is 0.273. The maximum absolute atomic E-state index is 12.7. The van der Waals surface area contributed by atoms with Crippen LogP contribution in [-0.2, 0) is 4.79 Å². The molecule has 4 nitrogen and oxygen atoms in total. The summed E-state index contributed by atoms with van der Waals surface area (Å²) in [6.07, 6.45) is 5.32. The topological polar surface area (TPSA) is 68.0 Å². The molecule has 0 aliphatic heterocycles. The molecule has 0 aromatic carbocycles. The van der Waals surface area contributed by atoms with E-state index in [1.54, 1.807) is 6.08 Å². The van der Waals surface area contributed by atoms with E-state index in [2.05, 4.69) is 10.3 Å². The van der Waals surface area contributed by atoms with E-state index in [4.69, 9.17) is 5.73 Å². The molecule has 0 fully saturated rings. The van der Waals surface area contributed by atoms with Gasteiger partial charge in [0.2, 0.25) is 5.91 Å². The second-order valence-corrected chi connectivity index (χ2v) is 3.30. The molecule has 1 aromatic heterocycles. The molecule has 5 heteroatoms. The maximum atomic E-state index is 12.7. The molecule has 0 spiro atoms. The quantitative estimate of drug-likeness (QED) is 0.757. The van der Waals surface area contributed by atoms with Crippen molar-refractivity contribution in [3.63, 3.8) is 0 Å². The van der Waals surface area contributed by atoms with Crippen LogP contribution in [0.4, 0.5) is 10.1 Å². The molecule has 0 unspecified atom stereocenters. The number of amides is 1. The van der Waals surface area contributed by atoms with Crippen molar-refractivity contribution in [3.8, 4) is 0 Å². The van der Waals surface area contributed by atoms with Gasteiger partial charge in [-0.1, -0.05) is 6.08 Å². The van der Waals surface area contributed by atoms with E-state index in [0.29, 0.717) is 24.3 Å². The van der Waals surface area contributed by atoms with E-state index in [0.717, 1.165) is 6.20 Å². The Morgan fingerprint density at radius 1 is 1.69 bits per heavy atom. The number of hydrogen-bond donors (Lipinski definition) is 2. The molecule has 0 atom stereocenters. The van der Waals surface area contributed by atoms with Gasteiger partial charge in [-0.05, 0) is 12.5 Å².